The highest BCUT2D eigenvalue weighted by molar-refractivity contribution is 7.15. The van der Waals surface area contributed by atoms with E-state index in [9.17, 15) is 9.59 Å². The van der Waals surface area contributed by atoms with Crippen molar-refractivity contribution in [2.75, 3.05) is 38.0 Å². The molecule has 7 heteroatoms. The van der Waals surface area contributed by atoms with Crippen molar-refractivity contribution in [2.24, 2.45) is 0 Å². The van der Waals surface area contributed by atoms with Gasteiger partial charge in [-0.05, 0) is 50.2 Å². The number of hydrogen-bond donors (Lipinski definition) is 1. The van der Waals surface area contributed by atoms with E-state index in [1.807, 2.05) is 68.4 Å². The van der Waals surface area contributed by atoms with Crippen LogP contribution in [0.3, 0.4) is 0 Å². The molecule has 0 saturated heterocycles. The van der Waals surface area contributed by atoms with Crippen molar-refractivity contribution in [3.05, 3.63) is 70.7 Å². The molecular formula is C26H32N4O2S. The summed E-state index contributed by atoms with van der Waals surface area (Å²) in [5.74, 6) is -0.388. The average molecular weight is 465 g/mol. The summed E-state index contributed by atoms with van der Waals surface area (Å²) < 4.78 is 0. The lowest BCUT2D eigenvalue weighted by molar-refractivity contribution is -0.116. The summed E-state index contributed by atoms with van der Waals surface area (Å²) in [4.78, 5) is 35.4. The second-order valence-corrected chi connectivity index (χ2v) is 9.11. The standard InChI is InChI=1S/C26H32N4O2S/c1-5-29(6-2)16-17-30(18-24(31)28-26-27-19(3)20(4)33-26)25(32)23-14-12-22(13-15-23)21-10-8-7-9-11-21/h7-15H,5-6,16-18H2,1-4H3,(H,27,28,31). The third-order valence-electron chi connectivity index (χ3n) is 5.72. The molecule has 0 spiro atoms. The predicted octanol–water partition coefficient (Wildman–Crippen LogP) is 4.85. The number of aromatic nitrogens is 1. The molecule has 1 aromatic heterocycles. The van der Waals surface area contributed by atoms with Crippen molar-refractivity contribution in [3.8, 4) is 11.1 Å². The summed E-state index contributed by atoms with van der Waals surface area (Å²) >= 11 is 1.44. The van der Waals surface area contributed by atoms with Crippen LogP contribution in [0.15, 0.2) is 54.6 Å². The maximum Gasteiger partial charge on any atom is 0.254 e. The molecule has 174 valence electrons. The van der Waals surface area contributed by atoms with Crippen molar-refractivity contribution in [1.82, 2.24) is 14.8 Å². The topological polar surface area (TPSA) is 65.5 Å². The van der Waals surface area contributed by atoms with Gasteiger partial charge in [0, 0.05) is 23.5 Å². The maximum absolute atomic E-state index is 13.3. The minimum absolute atomic E-state index is 0.0157. The number of likely N-dealkylation sites (N-methyl/N-ethyl adjacent to an activating group) is 1. The smallest absolute Gasteiger partial charge is 0.254 e. The van der Waals surface area contributed by atoms with Gasteiger partial charge < -0.3 is 15.1 Å². The number of benzene rings is 2. The lowest BCUT2D eigenvalue weighted by atomic mass is 10.0. The Kier molecular flexibility index (Phi) is 8.74. The van der Waals surface area contributed by atoms with E-state index >= 15 is 0 Å². The Morgan fingerprint density at radius 3 is 2.12 bits per heavy atom. The van der Waals surface area contributed by atoms with Gasteiger partial charge in [0.25, 0.3) is 5.91 Å². The van der Waals surface area contributed by atoms with E-state index in [4.69, 9.17) is 0 Å². The Morgan fingerprint density at radius 1 is 0.909 bits per heavy atom. The van der Waals surface area contributed by atoms with E-state index in [0.717, 1.165) is 34.8 Å². The van der Waals surface area contributed by atoms with Crippen molar-refractivity contribution in [3.63, 3.8) is 0 Å². The van der Waals surface area contributed by atoms with Crippen molar-refractivity contribution in [1.29, 1.82) is 0 Å². The first-order chi connectivity index (χ1) is 15.9. The van der Waals surface area contributed by atoms with Crippen LogP contribution in [0.1, 0.15) is 34.8 Å². The van der Waals surface area contributed by atoms with E-state index in [2.05, 4.69) is 29.0 Å². The van der Waals surface area contributed by atoms with Gasteiger partial charge in [-0.25, -0.2) is 4.98 Å². The van der Waals surface area contributed by atoms with Crippen LogP contribution in [0.5, 0.6) is 0 Å². The molecule has 3 rings (SSSR count). The molecule has 0 saturated carbocycles. The molecule has 0 aliphatic rings. The Hall–Kier alpha value is -3.03. The zero-order valence-electron chi connectivity index (χ0n) is 19.8. The van der Waals surface area contributed by atoms with Gasteiger partial charge in [0.1, 0.15) is 6.54 Å². The zero-order valence-corrected chi connectivity index (χ0v) is 20.6. The SMILES string of the molecule is CCN(CC)CCN(CC(=O)Nc1nc(C)c(C)s1)C(=O)c1ccc(-c2ccccc2)cc1. The van der Waals surface area contributed by atoms with Crippen LogP contribution < -0.4 is 5.32 Å². The van der Waals surface area contributed by atoms with Gasteiger partial charge in [0.05, 0.1) is 5.69 Å². The number of nitrogens with one attached hydrogen (secondary N) is 1. The fourth-order valence-corrected chi connectivity index (χ4v) is 4.36. The molecule has 0 aliphatic heterocycles. The van der Waals surface area contributed by atoms with Crippen LogP contribution in [-0.2, 0) is 4.79 Å². The van der Waals surface area contributed by atoms with Crippen molar-refractivity contribution in [2.45, 2.75) is 27.7 Å². The fourth-order valence-electron chi connectivity index (χ4n) is 3.53. The lowest BCUT2D eigenvalue weighted by Crippen LogP contribution is -2.42. The third kappa shape index (κ3) is 6.73. The largest absolute Gasteiger partial charge is 0.328 e. The van der Waals surface area contributed by atoms with Crippen LogP contribution in [0.4, 0.5) is 5.13 Å². The molecule has 3 aromatic rings. The van der Waals surface area contributed by atoms with Gasteiger partial charge in [0.2, 0.25) is 5.91 Å². The fraction of sp³-hybridized carbons (Fsp3) is 0.346. The van der Waals surface area contributed by atoms with Crippen LogP contribution in [0.2, 0.25) is 0 Å². The molecule has 2 amide bonds. The first kappa shape index (κ1) is 24.6. The minimum atomic E-state index is -0.238. The summed E-state index contributed by atoms with van der Waals surface area (Å²) in [6, 6.07) is 17.6. The Bertz CT molecular complexity index is 1040. The molecule has 0 bridgehead atoms. The third-order valence-corrected chi connectivity index (χ3v) is 6.70. The molecule has 0 radical (unpaired) electrons. The summed E-state index contributed by atoms with van der Waals surface area (Å²) in [6.45, 7) is 11.0. The molecule has 0 aliphatic carbocycles. The molecule has 2 aromatic carbocycles. The lowest BCUT2D eigenvalue weighted by Gasteiger charge is -2.26. The zero-order chi connectivity index (χ0) is 23.8. The minimum Gasteiger partial charge on any atom is -0.328 e. The van der Waals surface area contributed by atoms with Crippen LogP contribution in [-0.4, -0.2) is 59.3 Å². The summed E-state index contributed by atoms with van der Waals surface area (Å²) in [5.41, 5.74) is 3.63. The normalized spacial score (nSPS) is 10.9. The number of rotatable bonds is 10. The Morgan fingerprint density at radius 2 is 1.55 bits per heavy atom. The molecule has 0 atom stereocenters. The molecule has 6 nitrogen and oxygen atoms in total. The van der Waals surface area contributed by atoms with E-state index in [1.165, 1.54) is 11.3 Å². The summed E-state index contributed by atoms with van der Waals surface area (Å²) in [6.07, 6.45) is 0. The number of thiazole rings is 1. The van der Waals surface area contributed by atoms with Gasteiger partial charge in [-0.2, -0.15) is 0 Å². The van der Waals surface area contributed by atoms with Crippen LogP contribution in [0, 0.1) is 13.8 Å². The molecule has 33 heavy (non-hydrogen) atoms. The monoisotopic (exact) mass is 464 g/mol. The summed E-state index contributed by atoms with van der Waals surface area (Å²) in [5, 5.41) is 3.42. The molecular weight excluding hydrogens is 432 g/mol. The van der Waals surface area contributed by atoms with E-state index < -0.39 is 0 Å². The predicted molar refractivity (Wildman–Crippen MR) is 136 cm³/mol. The summed E-state index contributed by atoms with van der Waals surface area (Å²) in [7, 11) is 0. The number of anilines is 1. The Balaban J connectivity index is 1.74. The van der Waals surface area contributed by atoms with Gasteiger partial charge in [0.15, 0.2) is 5.13 Å². The van der Waals surface area contributed by atoms with E-state index in [0.29, 0.717) is 23.8 Å². The quantitative estimate of drug-likeness (QED) is 0.466. The molecule has 1 N–H and O–H groups in total. The van der Waals surface area contributed by atoms with Gasteiger partial charge in [-0.15, -0.1) is 11.3 Å². The molecule has 1 heterocycles. The van der Waals surface area contributed by atoms with Gasteiger partial charge in [-0.1, -0.05) is 56.3 Å². The second-order valence-electron chi connectivity index (χ2n) is 7.91. The van der Waals surface area contributed by atoms with Gasteiger partial charge >= 0.3 is 0 Å². The van der Waals surface area contributed by atoms with E-state index in [-0.39, 0.29) is 18.4 Å². The van der Waals surface area contributed by atoms with Crippen LogP contribution in [0.25, 0.3) is 11.1 Å². The highest BCUT2D eigenvalue weighted by Crippen LogP contribution is 2.22. The highest BCUT2D eigenvalue weighted by atomic mass is 32.1. The number of carbonyl (C=O) groups is 2. The second kappa shape index (κ2) is 11.7. The maximum atomic E-state index is 13.3. The number of aryl methyl sites for hydroxylation is 2. The Labute approximate surface area is 200 Å². The molecule has 0 unspecified atom stereocenters. The van der Waals surface area contributed by atoms with Crippen LogP contribution >= 0.6 is 11.3 Å². The van der Waals surface area contributed by atoms with Crippen molar-refractivity contribution >= 4 is 28.3 Å². The number of nitrogens with zero attached hydrogens (tertiary/aromatic N) is 3. The number of amides is 2. The number of hydrogen-bond acceptors (Lipinski definition) is 5. The molecule has 0 fully saturated rings. The highest BCUT2D eigenvalue weighted by Gasteiger charge is 2.20. The first-order valence-electron chi connectivity index (χ1n) is 11.3. The van der Waals surface area contributed by atoms with Gasteiger partial charge in [-0.3, -0.25) is 9.59 Å². The first-order valence-corrected chi connectivity index (χ1v) is 12.1. The van der Waals surface area contributed by atoms with Crippen molar-refractivity contribution < 1.29 is 9.59 Å². The number of carbonyl (C=O) groups excluding carboxylic acids is 2. The van der Waals surface area contributed by atoms with E-state index in [1.54, 1.807) is 4.90 Å². The average Bonchev–Trinajstić information content (AvgIpc) is 3.15.